The number of carbonyl (C=O) groups is 2. The fourth-order valence-electron chi connectivity index (χ4n) is 14.2. The van der Waals surface area contributed by atoms with Gasteiger partial charge in [0.1, 0.15) is 35.0 Å². The number of primary amides is 1. The van der Waals surface area contributed by atoms with Crippen LogP contribution in [0.15, 0.2) is 305 Å². The summed E-state index contributed by atoms with van der Waals surface area (Å²) in [5, 5.41) is 33.6. The molecule has 2 amide bonds. The maximum Gasteiger partial charge on any atom is 0.573 e. The Morgan fingerprint density at radius 2 is 0.619 bits per heavy atom. The molecule has 0 saturated heterocycles. The summed E-state index contributed by atoms with van der Waals surface area (Å²) in [5.74, 6) is 7.28. The second kappa shape index (κ2) is 41.7. The van der Waals surface area contributed by atoms with E-state index in [2.05, 4.69) is 132 Å². The number of aryl methyl sites for hydroxylation is 2. The molecule has 0 radical (unpaired) electrons. The van der Waals surface area contributed by atoms with Crippen molar-refractivity contribution in [2.75, 3.05) is 58.4 Å². The third-order valence-corrected chi connectivity index (χ3v) is 20.1. The molecule has 696 valence electrons. The highest BCUT2D eigenvalue weighted by molar-refractivity contribution is 5.95. The number of hydrogen-bond acceptors (Lipinski definition) is 28. The van der Waals surface area contributed by atoms with E-state index in [1.807, 2.05) is 166 Å². The summed E-state index contributed by atoms with van der Waals surface area (Å²) in [6.07, 6.45) is 6.49. The second-order valence-electron chi connectivity index (χ2n) is 29.4. The second-order valence-corrected chi connectivity index (χ2v) is 29.4. The fourth-order valence-corrected chi connectivity index (χ4v) is 14.2. The number of nitriles is 1. The summed E-state index contributed by atoms with van der Waals surface area (Å²) >= 11 is 0. The molecule has 0 aliphatic heterocycles. The molecular weight excluding hydrogens is 1810 g/mol. The zero-order chi connectivity index (χ0) is 97.3. The number of benzene rings is 10. The molecule has 20 aromatic rings. The SMILES string of the molecule is CNC(=O)c1ccc(Nc2cncc(-n3c(C)nc4ccccc43)n2)cc1.CNc1nc2ccccc2n1-c1cncc(Nc2ccc(OC(F)(F)F)cc2)n1.CNc1nc2ccccc2n1-c1cncc(Nc2ccc(OC(F)F)cc2)n1.Cc1nc2ccccc2n1-c1cncc(Nc2ccc(C(N)=O)cc2)n1.N#Cc1nc2ccccc2n1-c1cncc(Nc2ccc(OC(F)(F)F)cc2)n1. The number of nitrogens with two attached hydrogens (primary N) is 1. The van der Waals surface area contributed by atoms with E-state index in [4.69, 9.17) is 5.73 Å². The molecule has 35 nitrogen and oxygen atoms in total. The lowest BCUT2D eigenvalue weighted by atomic mass is 10.2. The van der Waals surface area contributed by atoms with Crippen LogP contribution in [0.5, 0.6) is 17.2 Å². The Morgan fingerprint density at radius 1 is 0.345 bits per heavy atom. The molecule has 10 aromatic carbocycles. The first-order chi connectivity index (χ1) is 67.3. The summed E-state index contributed by atoms with van der Waals surface area (Å²) in [6, 6.07) is 71.2. The summed E-state index contributed by atoms with van der Waals surface area (Å²) in [7, 11) is 5.16. The van der Waals surface area contributed by atoms with Crippen molar-refractivity contribution in [3.63, 3.8) is 0 Å². The molecule has 43 heteroatoms. The molecule has 0 bridgehead atoms. The van der Waals surface area contributed by atoms with Gasteiger partial charge in [-0.2, -0.15) is 14.0 Å². The van der Waals surface area contributed by atoms with Gasteiger partial charge in [0.2, 0.25) is 23.6 Å². The molecule has 0 aliphatic rings. The predicted molar refractivity (Wildman–Crippen MR) is 507 cm³/mol. The topological polar surface area (TPSA) is 426 Å². The average molecular weight is 1880 g/mol. The highest BCUT2D eigenvalue weighted by Gasteiger charge is 2.32. The zero-order valence-corrected chi connectivity index (χ0v) is 73.5. The summed E-state index contributed by atoms with van der Waals surface area (Å²) in [4.78, 5) is 89.3. The smallest absolute Gasteiger partial charge is 0.435 e. The quantitative estimate of drug-likeness (QED) is 0.0269. The molecule has 0 fully saturated rings. The number of nitrogens with one attached hydrogen (secondary N) is 8. The highest BCUT2D eigenvalue weighted by atomic mass is 19.4. The lowest BCUT2D eigenvalue weighted by molar-refractivity contribution is -0.275. The number of ether oxygens (including phenoxy) is 3. The van der Waals surface area contributed by atoms with Gasteiger partial charge in [-0.25, -0.2) is 49.8 Å². The highest BCUT2D eigenvalue weighted by Crippen LogP contribution is 2.33. The minimum Gasteiger partial charge on any atom is -0.435 e. The Labute approximate surface area is 782 Å². The van der Waals surface area contributed by atoms with Gasteiger partial charge in [-0.3, -0.25) is 57.3 Å². The van der Waals surface area contributed by atoms with Gasteiger partial charge in [-0.15, -0.1) is 26.3 Å². The summed E-state index contributed by atoms with van der Waals surface area (Å²) in [5.41, 5.74) is 18.1. The maximum absolute atomic E-state index is 12.3. The maximum atomic E-state index is 12.3. The number of aromatic nitrogens is 20. The molecule has 10 aromatic heterocycles. The lowest BCUT2D eigenvalue weighted by Gasteiger charge is -2.11. The largest absolute Gasteiger partial charge is 0.573 e. The molecule has 0 aliphatic carbocycles. The Balaban J connectivity index is 0.000000126. The number of fused-ring (bicyclic) bond motifs is 5. The van der Waals surface area contributed by atoms with Crippen LogP contribution in [0.3, 0.4) is 0 Å². The number of carbonyl (C=O) groups excluding carboxylic acids is 2. The monoisotopic (exact) mass is 1880 g/mol. The number of imidazole rings is 5. The van der Waals surface area contributed by atoms with Crippen LogP contribution in [0.1, 0.15) is 38.2 Å². The van der Waals surface area contributed by atoms with Crippen LogP contribution in [0.4, 0.5) is 105 Å². The minimum absolute atomic E-state index is 0.0870. The van der Waals surface area contributed by atoms with Gasteiger partial charge in [0, 0.05) is 60.7 Å². The van der Waals surface area contributed by atoms with Crippen molar-refractivity contribution < 1.29 is 58.9 Å². The van der Waals surface area contributed by atoms with Crippen molar-refractivity contribution in [2.45, 2.75) is 33.2 Å². The Kier molecular flexibility index (Phi) is 27.9. The van der Waals surface area contributed by atoms with E-state index in [0.717, 1.165) is 67.2 Å². The Hall–Kier alpha value is -19.2. The van der Waals surface area contributed by atoms with Crippen LogP contribution < -0.4 is 62.5 Å². The van der Waals surface area contributed by atoms with Crippen molar-refractivity contribution in [1.29, 1.82) is 5.26 Å². The van der Waals surface area contributed by atoms with Crippen LogP contribution in [0.2, 0.25) is 0 Å². The number of hydrogen-bond donors (Lipinski definition) is 9. The van der Waals surface area contributed by atoms with Crippen molar-refractivity contribution in [2.24, 2.45) is 5.73 Å². The molecule has 0 saturated carbocycles. The van der Waals surface area contributed by atoms with Gasteiger partial charge in [0.15, 0.2) is 58.2 Å². The van der Waals surface area contributed by atoms with E-state index in [9.17, 15) is 50.0 Å². The van der Waals surface area contributed by atoms with E-state index < -0.39 is 25.2 Å². The van der Waals surface area contributed by atoms with Crippen LogP contribution in [-0.2, 0) is 0 Å². The van der Waals surface area contributed by atoms with Gasteiger partial charge in [-0.05, 0) is 196 Å². The first kappa shape index (κ1) is 93.1. The number of anilines is 12. The molecule has 20 rings (SSSR count). The number of para-hydroxylation sites is 10. The first-order valence-corrected chi connectivity index (χ1v) is 41.8. The number of rotatable bonds is 23. The van der Waals surface area contributed by atoms with Crippen molar-refractivity contribution in [3.8, 4) is 52.4 Å². The van der Waals surface area contributed by atoms with E-state index in [1.165, 1.54) is 79.3 Å². The molecule has 10 N–H and O–H groups in total. The standard InChI is InChI=1S/C20H18N6O.C19H15F3N6O.C19H11F3N6O.C19H16F2N6O.C19H16N6O/c1-13-23-16-5-3-4-6-17(16)26(13)19-12-22-11-18(25-19)24-15-9-7-14(8-10-15)20(27)21-2;1-23-18-26-14-4-2-3-5-15(14)28(18)17-11-24-10-16(27-17)25-12-6-8-13(9-7-12)29-19(20,21)22;20-19(21,22)29-13-7-5-12(6-8-13)25-16-10-24-11-18(27-16)28-15-4-2-1-3-14(15)26-17(28)9-23;1-22-19-25-14-4-2-3-5-15(14)27(19)17-11-23-10-16(26-17)24-12-6-8-13(9-7-12)28-18(20)21;1-12-22-15-4-2-3-5-16(15)25(12)18-11-21-10-17(24-18)23-14-8-6-13(7-9-14)19(20)26/h3-12H,1-2H3,(H,21,27)(H,24,25);2-11H,1H3,(H,23,26)(H,25,27);1-8,10-11H,(H,25,27);2-11,18H,1H3,(H,22,25)(H,24,26);2-11H,1H3,(H2,20,26)(H,23,24). The van der Waals surface area contributed by atoms with Gasteiger partial charge in [0.05, 0.1) is 117 Å². The van der Waals surface area contributed by atoms with Gasteiger partial charge in [0.25, 0.3) is 5.91 Å². The van der Waals surface area contributed by atoms with E-state index in [0.29, 0.717) is 109 Å². The van der Waals surface area contributed by atoms with Crippen molar-refractivity contribution in [3.05, 3.63) is 333 Å². The normalized spacial score (nSPS) is 11.1. The van der Waals surface area contributed by atoms with Gasteiger partial charge in [-0.1, -0.05) is 60.7 Å². The van der Waals surface area contributed by atoms with E-state index in [-0.39, 0.29) is 29.0 Å². The molecule has 139 heavy (non-hydrogen) atoms. The summed E-state index contributed by atoms with van der Waals surface area (Å²) in [6.45, 7) is 1.02. The third kappa shape index (κ3) is 22.9. The fraction of sp³-hybridized carbons (Fsp3) is 0.0833. The van der Waals surface area contributed by atoms with Crippen molar-refractivity contribution in [1.82, 2.24) is 103 Å². The Morgan fingerprint density at radius 3 is 0.921 bits per heavy atom. The lowest BCUT2D eigenvalue weighted by Crippen LogP contribution is -2.17. The number of alkyl halides is 8. The van der Waals surface area contributed by atoms with E-state index in [1.54, 1.807) is 124 Å². The zero-order valence-electron chi connectivity index (χ0n) is 73.5. The van der Waals surface area contributed by atoms with Gasteiger partial charge >= 0.3 is 19.3 Å². The molecule has 0 spiro atoms. The summed E-state index contributed by atoms with van der Waals surface area (Å²) < 4.78 is 119. The van der Waals surface area contributed by atoms with Crippen molar-refractivity contribution >= 4 is 136 Å². The van der Waals surface area contributed by atoms with Gasteiger partial charge < -0.3 is 62.5 Å². The first-order valence-electron chi connectivity index (χ1n) is 41.8. The molecule has 10 heterocycles. The van der Waals surface area contributed by atoms with Crippen LogP contribution in [0, 0.1) is 25.2 Å². The number of nitrogens with zero attached hydrogens (tertiary/aromatic N) is 21. The number of amides is 2. The van der Waals surface area contributed by atoms with Crippen LogP contribution >= 0.6 is 0 Å². The molecule has 0 unspecified atom stereocenters. The van der Waals surface area contributed by atoms with Crippen LogP contribution in [0.25, 0.3) is 84.3 Å². The molecular formula is C96H76F8N30O5. The third-order valence-electron chi connectivity index (χ3n) is 20.1. The average Bonchev–Trinajstić information content (AvgIpc) is 1.66. The van der Waals surface area contributed by atoms with Crippen LogP contribution in [-0.4, -0.2) is 150 Å². The predicted octanol–water partition coefficient (Wildman–Crippen LogP) is 19.2. The minimum atomic E-state index is -4.75. The number of halogens is 8. The molecule has 0 atom stereocenters. The Bertz CT molecular complexity index is 7790. The van der Waals surface area contributed by atoms with E-state index >= 15 is 0 Å².